The number of rotatable bonds is 7. The van der Waals surface area contributed by atoms with E-state index in [1.165, 1.54) is 45.3 Å². The summed E-state index contributed by atoms with van der Waals surface area (Å²) in [6, 6.07) is 0.786. The van der Waals surface area contributed by atoms with Crippen molar-refractivity contribution in [3.63, 3.8) is 0 Å². The second-order valence-corrected chi connectivity index (χ2v) is 6.54. The lowest BCUT2D eigenvalue weighted by molar-refractivity contribution is 0.0952. The molecule has 0 bridgehead atoms. The third-order valence-corrected chi connectivity index (χ3v) is 4.40. The molecule has 0 saturated carbocycles. The topological polar surface area (TPSA) is 18.5 Å². The molecule has 1 unspecified atom stereocenters. The first-order valence-electron chi connectivity index (χ1n) is 7.54. The van der Waals surface area contributed by atoms with Crippen LogP contribution in [0.25, 0.3) is 0 Å². The predicted octanol–water partition coefficient (Wildman–Crippen LogP) is 2.04. The van der Waals surface area contributed by atoms with Crippen LogP contribution in [0.3, 0.4) is 0 Å². The van der Waals surface area contributed by atoms with Crippen molar-refractivity contribution in [3.05, 3.63) is 0 Å². The number of hydrogen-bond acceptors (Lipinski definition) is 3. The quantitative estimate of drug-likeness (QED) is 0.751. The van der Waals surface area contributed by atoms with Gasteiger partial charge in [-0.15, -0.1) is 0 Å². The second-order valence-electron chi connectivity index (χ2n) is 6.54. The zero-order chi connectivity index (χ0) is 13.6. The number of nitrogens with zero attached hydrogens (tertiary/aromatic N) is 2. The van der Waals surface area contributed by atoms with Crippen molar-refractivity contribution in [2.45, 2.75) is 45.6 Å². The van der Waals surface area contributed by atoms with Crippen LogP contribution in [-0.4, -0.2) is 63.2 Å². The Morgan fingerprint density at radius 2 is 1.94 bits per heavy atom. The van der Waals surface area contributed by atoms with E-state index in [4.69, 9.17) is 0 Å². The minimum atomic E-state index is 0.418. The lowest BCUT2D eigenvalue weighted by Gasteiger charge is -2.40. The Kier molecular flexibility index (Phi) is 6.61. The van der Waals surface area contributed by atoms with Gasteiger partial charge in [-0.3, -0.25) is 0 Å². The molecule has 18 heavy (non-hydrogen) atoms. The van der Waals surface area contributed by atoms with Crippen LogP contribution < -0.4 is 5.32 Å². The van der Waals surface area contributed by atoms with E-state index >= 15 is 0 Å². The highest BCUT2D eigenvalue weighted by Crippen LogP contribution is 2.26. The zero-order valence-corrected chi connectivity index (χ0v) is 13.1. The predicted molar refractivity (Wildman–Crippen MR) is 80.1 cm³/mol. The fraction of sp³-hybridized carbons (Fsp3) is 1.00. The van der Waals surface area contributed by atoms with E-state index in [9.17, 15) is 0 Å². The van der Waals surface area contributed by atoms with Crippen molar-refractivity contribution in [1.82, 2.24) is 15.1 Å². The first kappa shape index (κ1) is 15.9. The summed E-state index contributed by atoms with van der Waals surface area (Å²) in [6.07, 6.45) is 5.24. The van der Waals surface area contributed by atoms with Gasteiger partial charge in [0.05, 0.1) is 0 Å². The fourth-order valence-electron chi connectivity index (χ4n) is 3.42. The van der Waals surface area contributed by atoms with Gasteiger partial charge < -0.3 is 15.1 Å². The van der Waals surface area contributed by atoms with Crippen molar-refractivity contribution in [3.8, 4) is 0 Å². The molecule has 1 aliphatic rings. The largest absolute Gasteiger partial charge is 0.319 e. The van der Waals surface area contributed by atoms with E-state index in [2.05, 4.69) is 50.1 Å². The maximum absolute atomic E-state index is 3.37. The van der Waals surface area contributed by atoms with E-state index in [0.717, 1.165) is 12.6 Å². The average molecular weight is 255 g/mol. The molecule has 1 atom stereocenters. The van der Waals surface area contributed by atoms with E-state index < -0.39 is 0 Å². The van der Waals surface area contributed by atoms with Crippen LogP contribution in [0, 0.1) is 5.41 Å². The third kappa shape index (κ3) is 4.87. The monoisotopic (exact) mass is 255 g/mol. The molecule has 1 rings (SSSR count). The molecule has 1 fully saturated rings. The lowest BCUT2D eigenvalue weighted by atomic mass is 9.84. The van der Waals surface area contributed by atoms with Gasteiger partial charge in [-0.2, -0.15) is 0 Å². The molecule has 108 valence electrons. The molecule has 1 saturated heterocycles. The zero-order valence-electron chi connectivity index (χ0n) is 13.1. The Bertz CT molecular complexity index is 216. The summed E-state index contributed by atoms with van der Waals surface area (Å²) in [5, 5.41) is 3.37. The maximum atomic E-state index is 3.37. The SMILES string of the molecule is CCCC(C)(CNC)CN(C)C1CCN(C)CC1. The van der Waals surface area contributed by atoms with E-state index in [0.29, 0.717) is 5.41 Å². The van der Waals surface area contributed by atoms with Crippen molar-refractivity contribution >= 4 is 0 Å². The molecule has 0 amide bonds. The molecule has 1 aliphatic heterocycles. The van der Waals surface area contributed by atoms with Gasteiger partial charge in [-0.05, 0) is 58.9 Å². The Morgan fingerprint density at radius 3 is 2.44 bits per heavy atom. The van der Waals surface area contributed by atoms with Gasteiger partial charge in [0.15, 0.2) is 0 Å². The first-order valence-corrected chi connectivity index (χ1v) is 7.54. The average Bonchev–Trinajstić information content (AvgIpc) is 2.30. The second kappa shape index (κ2) is 7.46. The van der Waals surface area contributed by atoms with Crippen molar-refractivity contribution in [2.75, 3.05) is 47.3 Å². The first-order chi connectivity index (χ1) is 8.50. The van der Waals surface area contributed by atoms with Gasteiger partial charge in [-0.1, -0.05) is 20.3 Å². The molecule has 0 radical (unpaired) electrons. The molecule has 1 N–H and O–H groups in total. The number of piperidine rings is 1. The Labute approximate surface area is 114 Å². The smallest absolute Gasteiger partial charge is 0.0117 e. The summed E-state index contributed by atoms with van der Waals surface area (Å²) < 4.78 is 0. The van der Waals surface area contributed by atoms with Gasteiger partial charge in [0.25, 0.3) is 0 Å². The fourth-order valence-corrected chi connectivity index (χ4v) is 3.42. The molecule has 0 aromatic rings. The van der Waals surface area contributed by atoms with Gasteiger partial charge in [0, 0.05) is 19.1 Å². The molecule has 3 heteroatoms. The van der Waals surface area contributed by atoms with Crippen molar-refractivity contribution in [2.24, 2.45) is 5.41 Å². The third-order valence-electron chi connectivity index (χ3n) is 4.40. The van der Waals surface area contributed by atoms with Crippen LogP contribution >= 0.6 is 0 Å². The summed E-state index contributed by atoms with van der Waals surface area (Å²) in [4.78, 5) is 5.06. The summed E-state index contributed by atoms with van der Waals surface area (Å²) in [5.41, 5.74) is 0.418. The molecule has 1 heterocycles. The minimum absolute atomic E-state index is 0.418. The number of hydrogen-bond donors (Lipinski definition) is 1. The van der Waals surface area contributed by atoms with Crippen LogP contribution in [-0.2, 0) is 0 Å². The summed E-state index contributed by atoms with van der Waals surface area (Å²) in [5.74, 6) is 0. The molecular weight excluding hydrogens is 222 g/mol. The maximum Gasteiger partial charge on any atom is 0.0117 e. The molecule has 0 spiro atoms. The normalized spacial score (nSPS) is 22.3. The minimum Gasteiger partial charge on any atom is -0.319 e. The Morgan fingerprint density at radius 1 is 1.33 bits per heavy atom. The standard InChI is InChI=1S/C15H33N3/c1-6-9-15(2,12-16-3)13-18(5)14-7-10-17(4)11-8-14/h14,16H,6-13H2,1-5H3. The molecule has 0 aromatic heterocycles. The highest BCUT2D eigenvalue weighted by Gasteiger charge is 2.28. The number of likely N-dealkylation sites (tertiary alicyclic amines) is 1. The van der Waals surface area contributed by atoms with Gasteiger partial charge in [0.1, 0.15) is 0 Å². The Balaban J connectivity index is 2.47. The van der Waals surface area contributed by atoms with Gasteiger partial charge in [-0.25, -0.2) is 0 Å². The highest BCUT2D eigenvalue weighted by molar-refractivity contribution is 4.84. The van der Waals surface area contributed by atoms with Crippen LogP contribution in [0.2, 0.25) is 0 Å². The van der Waals surface area contributed by atoms with Crippen LogP contribution in [0.4, 0.5) is 0 Å². The summed E-state index contributed by atoms with van der Waals surface area (Å²) >= 11 is 0. The van der Waals surface area contributed by atoms with E-state index in [1.807, 2.05) is 0 Å². The van der Waals surface area contributed by atoms with Crippen molar-refractivity contribution in [1.29, 1.82) is 0 Å². The molecular formula is C15H33N3. The summed E-state index contributed by atoms with van der Waals surface area (Å²) in [7, 11) is 6.63. The van der Waals surface area contributed by atoms with Crippen molar-refractivity contribution < 1.29 is 0 Å². The number of nitrogens with one attached hydrogen (secondary N) is 1. The van der Waals surface area contributed by atoms with E-state index in [-0.39, 0.29) is 0 Å². The molecule has 0 aliphatic carbocycles. The van der Waals surface area contributed by atoms with Gasteiger partial charge in [0.2, 0.25) is 0 Å². The van der Waals surface area contributed by atoms with Crippen LogP contribution in [0.15, 0.2) is 0 Å². The molecule has 0 aromatic carbocycles. The molecule has 3 nitrogen and oxygen atoms in total. The highest BCUT2D eigenvalue weighted by atomic mass is 15.2. The van der Waals surface area contributed by atoms with Crippen LogP contribution in [0.5, 0.6) is 0 Å². The van der Waals surface area contributed by atoms with Gasteiger partial charge >= 0.3 is 0 Å². The summed E-state index contributed by atoms with van der Waals surface area (Å²) in [6.45, 7) is 9.58. The van der Waals surface area contributed by atoms with Crippen LogP contribution in [0.1, 0.15) is 39.5 Å². The Hall–Kier alpha value is -0.120. The lowest BCUT2D eigenvalue weighted by Crippen LogP contribution is -2.47. The van der Waals surface area contributed by atoms with E-state index in [1.54, 1.807) is 0 Å².